The van der Waals surface area contributed by atoms with Crippen LogP contribution in [0.1, 0.15) is 15.5 Å². The third-order valence-electron chi connectivity index (χ3n) is 2.70. The highest BCUT2D eigenvalue weighted by atomic mass is 32.2. The predicted molar refractivity (Wildman–Crippen MR) is 77.4 cm³/mol. The van der Waals surface area contributed by atoms with Gasteiger partial charge in [0.15, 0.2) is 0 Å². The van der Waals surface area contributed by atoms with Crippen molar-refractivity contribution in [3.8, 4) is 0 Å². The van der Waals surface area contributed by atoms with Gasteiger partial charge < -0.3 is 4.90 Å². The van der Waals surface area contributed by atoms with Crippen LogP contribution in [-0.4, -0.2) is 26.4 Å². The highest BCUT2D eigenvalue weighted by Crippen LogP contribution is 2.19. The molecule has 1 heterocycles. The fourth-order valence-electron chi connectivity index (χ4n) is 1.61. The van der Waals surface area contributed by atoms with Gasteiger partial charge in [0, 0.05) is 18.1 Å². The molecule has 8 heteroatoms. The van der Waals surface area contributed by atoms with E-state index in [0.717, 1.165) is 5.01 Å². The van der Waals surface area contributed by atoms with Crippen molar-refractivity contribution in [2.75, 3.05) is 11.9 Å². The molecule has 0 spiro atoms. The summed E-state index contributed by atoms with van der Waals surface area (Å²) >= 11 is 1.40. The number of carbonyl (C=O) groups is 1. The topological polar surface area (TPSA) is 93.4 Å². The molecule has 0 aliphatic rings. The van der Waals surface area contributed by atoms with Crippen LogP contribution >= 0.6 is 11.3 Å². The number of nitrogens with two attached hydrogens (primary N) is 1. The summed E-state index contributed by atoms with van der Waals surface area (Å²) in [7, 11) is -2.13. The summed E-state index contributed by atoms with van der Waals surface area (Å²) in [5.41, 5.74) is 0.929. The summed E-state index contributed by atoms with van der Waals surface area (Å²) in [5, 5.41) is 7.52. The molecule has 0 atom stereocenters. The van der Waals surface area contributed by atoms with Crippen LogP contribution in [0.4, 0.5) is 5.69 Å². The molecule has 1 aromatic carbocycles. The number of aryl methyl sites for hydroxylation is 1. The average Bonchev–Trinajstić information content (AvgIpc) is 2.83. The zero-order valence-electron chi connectivity index (χ0n) is 10.9. The number of rotatable bonds is 3. The van der Waals surface area contributed by atoms with Crippen molar-refractivity contribution in [1.29, 1.82) is 0 Å². The minimum Gasteiger partial charge on any atom is -0.310 e. The van der Waals surface area contributed by atoms with Gasteiger partial charge in [0.05, 0.1) is 9.90 Å². The molecular weight excluding hydrogens is 298 g/mol. The smallest absolute Gasteiger partial charge is 0.277 e. The van der Waals surface area contributed by atoms with Crippen molar-refractivity contribution in [3.63, 3.8) is 0 Å². The number of aromatic nitrogens is 1. The number of benzene rings is 1. The molecule has 1 amide bonds. The normalized spacial score (nSPS) is 11.3. The molecule has 6 nitrogen and oxygen atoms in total. The van der Waals surface area contributed by atoms with Crippen LogP contribution in [-0.2, 0) is 10.0 Å². The second kappa shape index (κ2) is 5.31. The number of primary sulfonamides is 1. The lowest BCUT2D eigenvalue weighted by atomic mass is 10.3. The standard InChI is InChI=1S/C12H13N3O3S2/c1-8-14-11(7-19-8)12(16)15(2)9-3-5-10(6-4-9)20(13,17)18/h3-7H,1-2H3,(H2,13,17,18). The van der Waals surface area contributed by atoms with E-state index in [2.05, 4.69) is 4.98 Å². The van der Waals surface area contributed by atoms with Crippen molar-refractivity contribution in [3.05, 3.63) is 40.3 Å². The lowest BCUT2D eigenvalue weighted by molar-refractivity contribution is 0.0989. The molecule has 2 aromatic rings. The number of anilines is 1. The third kappa shape index (κ3) is 3.03. The molecule has 20 heavy (non-hydrogen) atoms. The molecule has 106 valence electrons. The van der Waals surface area contributed by atoms with Crippen LogP contribution in [0.5, 0.6) is 0 Å². The van der Waals surface area contributed by atoms with Gasteiger partial charge in [0.2, 0.25) is 10.0 Å². The molecule has 0 saturated heterocycles. The second-order valence-corrected chi connectivity index (χ2v) is 6.78. The van der Waals surface area contributed by atoms with E-state index in [1.807, 2.05) is 6.92 Å². The van der Waals surface area contributed by atoms with E-state index < -0.39 is 10.0 Å². The van der Waals surface area contributed by atoms with Crippen LogP contribution in [0.2, 0.25) is 0 Å². The first-order chi connectivity index (χ1) is 9.29. The molecule has 2 N–H and O–H groups in total. The van der Waals surface area contributed by atoms with Crippen molar-refractivity contribution in [2.45, 2.75) is 11.8 Å². The Morgan fingerprint density at radius 2 is 1.90 bits per heavy atom. The molecule has 0 unspecified atom stereocenters. The van der Waals surface area contributed by atoms with Gasteiger partial charge in [0.25, 0.3) is 5.91 Å². The zero-order valence-corrected chi connectivity index (χ0v) is 12.5. The number of sulfonamides is 1. The Morgan fingerprint density at radius 1 is 1.30 bits per heavy atom. The Balaban J connectivity index is 2.25. The minimum absolute atomic E-state index is 0.00611. The lowest BCUT2D eigenvalue weighted by Gasteiger charge is -2.16. The van der Waals surface area contributed by atoms with Gasteiger partial charge in [-0.05, 0) is 31.2 Å². The third-order valence-corrected chi connectivity index (χ3v) is 4.40. The Hall–Kier alpha value is -1.77. The largest absolute Gasteiger partial charge is 0.310 e. The maximum atomic E-state index is 12.2. The fraction of sp³-hybridized carbons (Fsp3) is 0.167. The van der Waals surface area contributed by atoms with Crippen molar-refractivity contribution in [1.82, 2.24) is 4.98 Å². The van der Waals surface area contributed by atoms with Gasteiger partial charge in [-0.2, -0.15) is 0 Å². The fourth-order valence-corrected chi connectivity index (χ4v) is 2.71. The van der Waals surface area contributed by atoms with Crippen molar-refractivity contribution in [2.24, 2.45) is 5.14 Å². The molecule has 0 fully saturated rings. The van der Waals surface area contributed by atoms with Gasteiger partial charge in [-0.15, -0.1) is 11.3 Å². The molecule has 1 aromatic heterocycles. The van der Waals surface area contributed by atoms with Crippen LogP contribution in [0.15, 0.2) is 34.5 Å². The summed E-state index contributed by atoms with van der Waals surface area (Å²) in [6, 6.07) is 5.77. The Bertz CT molecular complexity index is 736. The number of carbonyl (C=O) groups excluding carboxylic acids is 1. The monoisotopic (exact) mass is 311 g/mol. The zero-order chi connectivity index (χ0) is 14.9. The first-order valence-electron chi connectivity index (χ1n) is 5.62. The van der Waals surface area contributed by atoms with Crippen LogP contribution in [0.25, 0.3) is 0 Å². The van der Waals surface area contributed by atoms with Crippen LogP contribution < -0.4 is 10.0 Å². The Labute approximate surface area is 120 Å². The molecule has 0 bridgehead atoms. The maximum absolute atomic E-state index is 12.2. The number of hydrogen-bond acceptors (Lipinski definition) is 5. The van der Waals surface area contributed by atoms with E-state index >= 15 is 0 Å². The number of amides is 1. The maximum Gasteiger partial charge on any atom is 0.277 e. The summed E-state index contributed by atoms with van der Waals surface area (Å²) < 4.78 is 22.3. The first kappa shape index (κ1) is 14.6. The summed E-state index contributed by atoms with van der Waals surface area (Å²) in [4.78, 5) is 17.7. The van der Waals surface area contributed by atoms with Gasteiger partial charge in [-0.1, -0.05) is 0 Å². The van der Waals surface area contributed by atoms with Gasteiger partial charge in [-0.3, -0.25) is 4.79 Å². The van der Waals surface area contributed by atoms with Crippen LogP contribution in [0.3, 0.4) is 0 Å². The van der Waals surface area contributed by atoms with E-state index in [1.54, 1.807) is 12.4 Å². The number of nitrogens with zero attached hydrogens (tertiary/aromatic N) is 2. The quantitative estimate of drug-likeness (QED) is 0.926. The minimum atomic E-state index is -3.73. The predicted octanol–water partition coefficient (Wildman–Crippen LogP) is 1.38. The van der Waals surface area contributed by atoms with E-state index in [-0.39, 0.29) is 10.8 Å². The van der Waals surface area contributed by atoms with Crippen molar-refractivity contribution < 1.29 is 13.2 Å². The van der Waals surface area contributed by atoms with Gasteiger partial charge >= 0.3 is 0 Å². The number of hydrogen-bond donors (Lipinski definition) is 1. The molecule has 0 radical (unpaired) electrons. The number of thiazole rings is 1. The lowest BCUT2D eigenvalue weighted by Crippen LogP contribution is -2.26. The molecule has 0 aliphatic heterocycles. The van der Waals surface area contributed by atoms with Crippen LogP contribution in [0, 0.1) is 6.92 Å². The second-order valence-electron chi connectivity index (χ2n) is 4.15. The molecule has 2 rings (SSSR count). The summed E-state index contributed by atoms with van der Waals surface area (Å²) in [6.45, 7) is 1.82. The summed E-state index contributed by atoms with van der Waals surface area (Å²) in [6.07, 6.45) is 0. The highest BCUT2D eigenvalue weighted by Gasteiger charge is 2.17. The van der Waals surface area contributed by atoms with E-state index in [1.165, 1.54) is 40.5 Å². The first-order valence-corrected chi connectivity index (χ1v) is 8.04. The molecule has 0 aliphatic carbocycles. The average molecular weight is 311 g/mol. The molecule has 0 saturated carbocycles. The van der Waals surface area contributed by atoms with Gasteiger partial charge in [0.1, 0.15) is 5.69 Å². The van der Waals surface area contributed by atoms with E-state index in [4.69, 9.17) is 5.14 Å². The van der Waals surface area contributed by atoms with Crippen molar-refractivity contribution >= 4 is 33.0 Å². The Morgan fingerprint density at radius 3 is 2.35 bits per heavy atom. The van der Waals surface area contributed by atoms with E-state index in [9.17, 15) is 13.2 Å². The highest BCUT2D eigenvalue weighted by molar-refractivity contribution is 7.89. The molecular formula is C12H13N3O3S2. The summed E-state index contributed by atoms with van der Waals surface area (Å²) in [5.74, 6) is -0.252. The van der Waals surface area contributed by atoms with E-state index in [0.29, 0.717) is 11.4 Å². The Kier molecular flexibility index (Phi) is 3.89. The van der Waals surface area contributed by atoms with Gasteiger partial charge in [-0.25, -0.2) is 18.5 Å². The SMILES string of the molecule is Cc1nc(C(=O)N(C)c2ccc(S(N)(=O)=O)cc2)cs1.